The van der Waals surface area contributed by atoms with Crippen molar-refractivity contribution in [2.24, 2.45) is 0 Å². The van der Waals surface area contributed by atoms with Gasteiger partial charge in [0.2, 0.25) is 7.56 Å². The lowest BCUT2D eigenvalue weighted by Gasteiger charge is -2.31. The molecule has 0 unspecified atom stereocenters. The van der Waals surface area contributed by atoms with E-state index in [2.05, 4.69) is 98.5 Å². The van der Waals surface area contributed by atoms with E-state index in [0.717, 1.165) is 0 Å². The van der Waals surface area contributed by atoms with Crippen LogP contribution in [0.5, 0.6) is 0 Å². The average molecular weight is 301 g/mol. The lowest BCUT2D eigenvalue weighted by molar-refractivity contribution is 0.710. The van der Waals surface area contributed by atoms with Gasteiger partial charge in [-0.05, 0) is 52.0 Å². The van der Waals surface area contributed by atoms with Crippen LogP contribution in [0, 0.1) is 0 Å². The minimum absolute atomic E-state index is 0.407. The van der Waals surface area contributed by atoms with Crippen molar-refractivity contribution >= 4 is 18.2 Å². The number of hydrogen-bond acceptors (Lipinski definition) is 2. The molecule has 0 bridgehead atoms. The molecule has 0 saturated heterocycles. The third kappa shape index (κ3) is 3.91. The van der Waals surface area contributed by atoms with Gasteiger partial charge in [-0.3, -0.25) is 0 Å². The molecular formula is C18H26N2P+. The van der Waals surface area contributed by atoms with Crippen LogP contribution in [-0.2, 0) is 0 Å². The fraction of sp³-hybridized carbons (Fsp3) is 0.333. The van der Waals surface area contributed by atoms with E-state index in [-0.39, 0.29) is 0 Å². The lowest BCUT2D eigenvalue weighted by Crippen LogP contribution is -2.46. The maximum atomic E-state index is 3.86. The minimum atomic E-state index is -1.81. The van der Waals surface area contributed by atoms with Gasteiger partial charge in [0.25, 0.3) is 0 Å². The van der Waals surface area contributed by atoms with Crippen LogP contribution in [0.3, 0.4) is 0 Å². The number of rotatable bonds is 6. The standard InChI is InChI=1S/C18H26N2P/c1-15(2)19-21(20-16(3)4,17-11-7-5-8-12-17)18-13-9-6-10-14-18/h5-16,19-20H,1-4H3/q+1. The minimum Gasteiger partial charge on any atom is -0.165 e. The van der Waals surface area contributed by atoms with E-state index in [1.807, 2.05) is 0 Å². The second-order valence-corrected chi connectivity index (χ2v) is 8.80. The van der Waals surface area contributed by atoms with E-state index < -0.39 is 7.56 Å². The quantitative estimate of drug-likeness (QED) is 0.798. The summed E-state index contributed by atoms with van der Waals surface area (Å²) in [5.74, 6) is 0. The highest BCUT2D eigenvalue weighted by molar-refractivity contribution is 7.86. The summed E-state index contributed by atoms with van der Waals surface area (Å²) < 4.78 is 0. The van der Waals surface area contributed by atoms with Gasteiger partial charge in [-0.25, -0.2) is 0 Å². The van der Waals surface area contributed by atoms with Crippen LogP contribution in [0.1, 0.15) is 27.7 Å². The topological polar surface area (TPSA) is 24.1 Å². The van der Waals surface area contributed by atoms with E-state index >= 15 is 0 Å². The van der Waals surface area contributed by atoms with Crippen molar-refractivity contribution in [1.29, 1.82) is 0 Å². The van der Waals surface area contributed by atoms with Gasteiger partial charge in [0, 0.05) is 12.1 Å². The van der Waals surface area contributed by atoms with Crippen molar-refractivity contribution in [2.45, 2.75) is 39.8 Å². The Morgan fingerprint density at radius 2 is 0.952 bits per heavy atom. The van der Waals surface area contributed by atoms with Gasteiger partial charge in [-0.1, -0.05) is 36.4 Å². The predicted molar refractivity (Wildman–Crippen MR) is 95.6 cm³/mol. The average Bonchev–Trinajstić information content (AvgIpc) is 2.47. The molecule has 0 amide bonds. The first kappa shape index (κ1) is 16.2. The van der Waals surface area contributed by atoms with E-state index in [0.29, 0.717) is 12.1 Å². The monoisotopic (exact) mass is 301 g/mol. The maximum absolute atomic E-state index is 3.86. The largest absolute Gasteiger partial charge is 0.214 e. The second-order valence-electron chi connectivity index (χ2n) is 5.91. The molecule has 2 aromatic carbocycles. The van der Waals surface area contributed by atoms with Crippen LogP contribution >= 0.6 is 7.56 Å². The zero-order valence-electron chi connectivity index (χ0n) is 13.4. The molecule has 0 aliphatic heterocycles. The Morgan fingerprint density at radius 3 is 1.24 bits per heavy atom. The van der Waals surface area contributed by atoms with Crippen molar-refractivity contribution < 1.29 is 0 Å². The van der Waals surface area contributed by atoms with Crippen LogP contribution < -0.4 is 20.8 Å². The van der Waals surface area contributed by atoms with Crippen LogP contribution in [0.2, 0.25) is 0 Å². The summed E-state index contributed by atoms with van der Waals surface area (Å²) >= 11 is 0. The van der Waals surface area contributed by atoms with Crippen molar-refractivity contribution in [3.05, 3.63) is 60.7 Å². The van der Waals surface area contributed by atoms with Crippen LogP contribution in [-0.4, -0.2) is 12.1 Å². The molecule has 0 aromatic heterocycles. The van der Waals surface area contributed by atoms with Gasteiger partial charge in [0.05, 0.1) is 0 Å². The Kier molecular flexibility index (Phi) is 5.52. The first-order valence-electron chi connectivity index (χ1n) is 7.60. The third-order valence-corrected chi connectivity index (χ3v) is 7.14. The van der Waals surface area contributed by atoms with Crippen LogP contribution in [0.25, 0.3) is 0 Å². The molecule has 0 atom stereocenters. The molecule has 0 radical (unpaired) electrons. The summed E-state index contributed by atoms with van der Waals surface area (Å²) in [6.45, 7) is 8.84. The second kappa shape index (κ2) is 7.17. The zero-order chi connectivity index (χ0) is 15.3. The van der Waals surface area contributed by atoms with E-state index in [1.165, 1.54) is 10.6 Å². The van der Waals surface area contributed by atoms with Gasteiger partial charge in [0.1, 0.15) is 10.6 Å². The van der Waals surface area contributed by atoms with Crippen LogP contribution in [0.15, 0.2) is 60.7 Å². The molecule has 0 aliphatic rings. The molecule has 112 valence electrons. The molecule has 3 heteroatoms. The molecule has 2 nitrogen and oxygen atoms in total. The fourth-order valence-corrected chi connectivity index (χ4v) is 6.32. The smallest absolute Gasteiger partial charge is 0.165 e. The highest BCUT2D eigenvalue weighted by Crippen LogP contribution is 2.48. The Bertz CT molecular complexity index is 486. The zero-order valence-corrected chi connectivity index (χ0v) is 14.3. The number of benzene rings is 2. The molecule has 0 spiro atoms. The number of nitrogens with one attached hydrogen (secondary N) is 2. The lowest BCUT2D eigenvalue weighted by atomic mass is 10.4. The molecule has 2 aromatic rings. The van der Waals surface area contributed by atoms with E-state index in [4.69, 9.17) is 0 Å². The normalized spacial score (nSPS) is 12.1. The SMILES string of the molecule is CC(C)N[P+](NC(C)C)(c1ccccc1)c1ccccc1. The first-order chi connectivity index (χ1) is 10.0. The maximum Gasteiger partial charge on any atom is 0.214 e. The summed E-state index contributed by atoms with van der Waals surface area (Å²) in [4.78, 5) is 0. The summed E-state index contributed by atoms with van der Waals surface area (Å²) in [6, 6.07) is 22.4. The molecule has 0 aliphatic carbocycles. The molecule has 0 heterocycles. The molecule has 2 N–H and O–H groups in total. The molecule has 21 heavy (non-hydrogen) atoms. The first-order valence-corrected chi connectivity index (χ1v) is 9.39. The van der Waals surface area contributed by atoms with E-state index in [9.17, 15) is 0 Å². The predicted octanol–water partition coefficient (Wildman–Crippen LogP) is 3.48. The van der Waals surface area contributed by atoms with Gasteiger partial charge in [-0.2, -0.15) is 10.2 Å². The molecule has 0 fully saturated rings. The summed E-state index contributed by atoms with van der Waals surface area (Å²) in [5, 5.41) is 10.4. The van der Waals surface area contributed by atoms with Crippen molar-refractivity contribution in [3.63, 3.8) is 0 Å². The summed E-state index contributed by atoms with van der Waals surface area (Å²) in [5.41, 5.74) is 0. The molecule has 2 rings (SSSR count). The Morgan fingerprint density at radius 1 is 0.619 bits per heavy atom. The molecule has 0 saturated carbocycles. The van der Waals surface area contributed by atoms with E-state index in [1.54, 1.807) is 0 Å². The number of hydrogen-bond donors (Lipinski definition) is 2. The Hall–Kier alpha value is -1.21. The van der Waals surface area contributed by atoms with Crippen molar-refractivity contribution in [1.82, 2.24) is 10.2 Å². The molecular weight excluding hydrogens is 275 g/mol. The van der Waals surface area contributed by atoms with Gasteiger partial charge < -0.3 is 0 Å². The highest BCUT2D eigenvalue weighted by Gasteiger charge is 2.44. The van der Waals surface area contributed by atoms with Crippen molar-refractivity contribution in [2.75, 3.05) is 0 Å². The third-order valence-electron chi connectivity index (χ3n) is 3.19. The summed E-state index contributed by atoms with van der Waals surface area (Å²) in [7, 11) is -1.81. The Labute approximate surface area is 129 Å². The van der Waals surface area contributed by atoms with Crippen LogP contribution in [0.4, 0.5) is 0 Å². The van der Waals surface area contributed by atoms with Gasteiger partial charge >= 0.3 is 0 Å². The fourth-order valence-electron chi connectivity index (χ4n) is 2.56. The van der Waals surface area contributed by atoms with Gasteiger partial charge in [0.15, 0.2) is 0 Å². The summed E-state index contributed by atoms with van der Waals surface area (Å²) in [6.07, 6.45) is 0. The highest BCUT2D eigenvalue weighted by atomic mass is 31.2. The Balaban J connectivity index is 2.59. The van der Waals surface area contributed by atoms with Gasteiger partial charge in [-0.15, -0.1) is 0 Å². The van der Waals surface area contributed by atoms with Crippen molar-refractivity contribution in [3.8, 4) is 0 Å².